The van der Waals surface area contributed by atoms with Gasteiger partial charge in [0.1, 0.15) is 0 Å². The number of carbonyl (C=O) groups is 1. The quantitative estimate of drug-likeness (QED) is 0.283. The lowest BCUT2D eigenvalue weighted by Crippen LogP contribution is -2.36. The minimum Gasteiger partial charge on any atom is -0.298 e. The summed E-state index contributed by atoms with van der Waals surface area (Å²) < 4.78 is 2.26. The molecule has 1 heterocycles. The Labute approximate surface area is 184 Å². The van der Waals surface area contributed by atoms with Crippen LogP contribution in [0.5, 0.6) is 0 Å². The monoisotopic (exact) mass is 431 g/mol. The molecule has 0 bridgehead atoms. The molecule has 30 heavy (non-hydrogen) atoms. The van der Waals surface area contributed by atoms with Gasteiger partial charge in [0.2, 0.25) is 0 Å². The van der Waals surface area contributed by atoms with Crippen LogP contribution in [0.3, 0.4) is 0 Å². The van der Waals surface area contributed by atoms with Crippen molar-refractivity contribution in [3.8, 4) is 0 Å². The van der Waals surface area contributed by atoms with Crippen LogP contribution in [-0.2, 0) is 5.75 Å². The molecule has 4 rings (SSSR count). The Balaban J connectivity index is 1.33. The minimum absolute atomic E-state index is 0.171. The summed E-state index contributed by atoms with van der Waals surface area (Å²) in [6, 6.07) is 25.7. The molecular formula is C24H21N3OS2. The molecule has 1 amide bonds. The molecule has 1 aromatic heterocycles. The van der Waals surface area contributed by atoms with E-state index in [9.17, 15) is 4.79 Å². The van der Waals surface area contributed by atoms with Crippen LogP contribution in [0.25, 0.3) is 15.9 Å². The first-order valence-electron chi connectivity index (χ1n) is 9.58. The second-order valence-corrected chi connectivity index (χ2v) is 8.83. The van der Waals surface area contributed by atoms with Crippen molar-refractivity contribution in [2.45, 2.75) is 17.0 Å². The molecule has 0 unspecified atom stereocenters. The number of carbonyl (C=O) groups excluding carboxylic acids is 1. The first-order valence-corrected chi connectivity index (χ1v) is 11.4. The number of nitrogens with zero attached hydrogens (tertiary/aromatic N) is 1. The van der Waals surface area contributed by atoms with E-state index in [1.807, 2.05) is 85.8 Å². The predicted molar refractivity (Wildman–Crippen MR) is 126 cm³/mol. The van der Waals surface area contributed by atoms with Crippen molar-refractivity contribution in [1.29, 1.82) is 0 Å². The third-order valence-electron chi connectivity index (χ3n) is 4.54. The summed E-state index contributed by atoms with van der Waals surface area (Å²) in [6.45, 7) is 1.93. The van der Waals surface area contributed by atoms with Crippen molar-refractivity contribution in [3.63, 3.8) is 0 Å². The van der Waals surface area contributed by atoms with Crippen LogP contribution in [0.2, 0.25) is 0 Å². The van der Waals surface area contributed by atoms with Gasteiger partial charge in [-0.3, -0.25) is 15.6 Å². The van der Waals surface area contributed by atoms with Crippen molar-refractivity contribution < 1.29 is 4.79 Å². The first kappa shape index (κ1) is 20.2. The van der Waals surface area contributed by atoms with Gasteiger partial charge >= 0.3 is 0 Å². The molecular weight excluding hydrogens is 410 g/mol. The fourth-order valence-corrected chi connectivity index (χ4v) is 4.96. The second kappa shape index (κ2) is 9.61. The lowest BCUT2D eigenvalue weighted by Gasteiger charge is -2.12. The van der Waals surface area contributed by atoms with Crippen LogP contribution in [0.1, 0.15) is 28.4 Å². The molecule has 150 valence electrons. The number of para-hydroxylation sites is 1. The molecule has 3 aromatic carbocycles. The second-order valence-electron chi connectivity index (χ2n) is 6.58. The molecule has 0 saturated carbocycles. The lowest BCUT2D eigenvalue weighted by atomic mass is 10.1. The fraction of sp³-hybridized carbons (Fsp3) is 0.0833. The molecule has 0 fully saturated rings. The van der Waals surface area contributed by atoms with Gasteiger partial charge in [-0.05, 0) is 42.3 Å². The van der Waals surface area contributed by atoms with Crippen LogP contribution in [0, 0.1) is 0 Å². The molecule has 6 heteroatoms. The number of hydrogen-bond donors (Lipinski definition) is 2. The number of thioether (sulfide) groups is 1. The third-order valence-corrected chi connectivity index (χ3v) is 6.79. The summed E-state index contributed by atoms with van der Waals surface area (Å²) in [5.41, 5.74) is 10.5. The van der Waals surface area contributed by atoms with Gasteiger partial charge in [-0.1, -0.05) is 72.4 Å². The van der Waals surface area contributed by atoms with E-state index in [0.717, 1.165) is 32.4 Å². The molecule has 0 aliphatic heterocycles. The van der Waals surface area contributed by atoms with Gasteiger partial charge in [0.05, 0.1) is 15.9 Å². The van der Waals surface area contributed by atoms with Gasteiger partial charge in [0.15, 0.2) is 4.34 Å². The zero-order chi connectivity index (χ0) is 20.8. The normalized spacial score (nSPS) is 11.4. The van der Waals surface area contributed by atoms with Crippen LogP contribution in [0.4, 0.5) is 0 Å². The topological polar surface area (TPSA) is 54.0 Å². The Hall–Kier alpha value is -3.09. The van der Waals surface area contributed by atoms with E-state index in [1.54, 1.807) is 23.1 Å². The average Bonchev–Trinajstić information content (AvgIpc) is 3.22. The van der Waals surface area contributed by atoms with Crippen molar-refractivity contribution in [1.82, 2.24) is 15.8 Å². The maximum atomic E-state index is 12.5. The number of benzene rings is 3. The lowest BCUT2D eigenvalue weighted by molar-refractivity contribution is 0.0942. The number of amides is 1. The van der Waals surface area contributed by atoms with Crippen LogP contribution in [-0.4, -0.2) is 10.9 Å². The summed E-state index contributed by atoms with van der Waals surface area (Å²) in [5.74, 6) is 0.645. The van der Waals surface area contributed by atoms with Crippen LogP contribution in [0.15, 0.2) is 89.3 Å². The maximum absolute atomic E-state index is 12.5. The smallest absolute Gasteiger partial charge is 0.269 e. The van der Waals surface area contributed by atoms with E-state index in [4.69, 9.17) is 0 Å². The molecule has 0 spiro atoms. The van der Waals surface area contributed by atoms with Crippen LogP contribution >= 0.6 is 23.1 Å². The molecule has 0 aliphatic rings. The standard InChI is InChI=1S/C24H21N3OS2/c1-2-20(18-8-4-3-5-9-18)26-27-23(28)19-14-12-17(13-15-19)16-29-24-25-21-10-6-7-11-22(21)30-24/h2-15,26H,16H2,1H3,(H,27,28)/b20-2-. The number of hydrazine groups is 1. The van der Waals surface area contributed by atoms with E-state index in [0.29, 0.717) is 5.56 Å². The zero-order valence-corrected chi connectivity index (χ0v) is 18.1. The Morgan fingerprint density at radius 3 is 2.40 bits per heavy atom. The van der Waals surface area contributed by atoms with Gasteiger partial charge in [0.25, 0.3) is 5.91 Å². The van der Waals surface area contributed by atoms with Crippen molar-refractivity contribution in [3.05, 3.63) is 102 Å². The Morgan fingerprint density at radius 1 is 0.933 bits per heavy atom. The number of rotatable bonds is 7. The number of aromatic nitrogens is 1. The maximum Gasteiger partial charge on any atom is 0.269 e. The molecule has 0 radical (unpaired) electrons. The molecule has 2 N–H and O–H groups in total. The van der Waals surface area contributed by atoms with Gasteiger partial charge < -0.3 is 0 Å². The summed E-state index contributed by atoms with van der Waals surface area (Å²) in [5, 5.41) is 0. The van der Waals surface area contributed by atoms with Gasteiger partial charge in [0, 0.05) is 11.3 Å². The SMILES string of the molecule is C/C=C(\NNC(=O)c1ccc(CSc2nc3ccccc3s2)cc1)c1ccccc1. The first-order chi connectivity index (χ1) is 14.7. The highest BCUT2D eigenvalue weighted by molar-refractivity contribution is 8.00. The Morgan fingerprint density at radius 2 is 1.67 bits per heavy atom. The number of fused-ring (bicyclic) bond motifs is 1. The fourth-order valence-electron chi connectivity index (χ4n) is 2.94. The highest BCUT2D eigenvalue weighted by atomic mass is 32.2. The summed E-state index contributed by atoms with van der Waals surface area (Å²) >= 11 is 3.42. The number of hydrogen-bond acceptors (Lipinski definition) is 5. The highest BCUT2D eigenvalue weighted by Crippen LogP contribution is 2.31. The average molecular weight is 432 g/mol. The number of allylic oxidation sites excluding steroid dienone is 1. The summed E-state index contributed by atoms with van der Waals surface area (Å²) in [4.78, 5) is 17.1. The largest absolute Gasteiger partial charge is 0.298 e. The van der Waals surface area contributed by atoms with Crippen molar-refractivity contribution in [2.75, 3.05) is 0 Å². The van der Waals surface area contributed by atoms with E-state index in [2.05, 4.69) is 21.9 Å². The number of nitrogens with one attached hydrogen (secondary N) is 2. The van der Waals surface area contributed by atoms with Gasteiger partial charge in [-0.25, -0.2) is 4.98 Å². The Kier molecular flexibility index (Phi) is 6.47. The molecule has 0 aliphatic carbocycles. The van der Waals surface area contributed by atoms with E-state index in [-0.39, 0.29) is 5.91 Å². The van der Waals surface area contributed by atoms with Crippen molar-refractivity contribution >= 4 is 44.9 Å². The number of thiazole rings is 1. The Bertz CT molecular complexity index is 1140. The van der Waals surface area contributed by atoms with Gasteiger partial charge in [-0.2, -0.15) is 0 Å². The van der Waals surface area contributed by atoms with E-state index in [1.165, 1.54) is 4.70 Å². The van der Waals surface area contributed by atoms with E-state index >= 15 is 0 Å². The van der Waals surface area contributed by atoms with Gasteiger partial charge in [-0.15, -0.1) is 11.3 Å². The molecule has 0 saturated heterocycles. The molecule has 4 aromatic rings. The zero-order valence-electron chi connectivity index (χ0n) is 16.5. The van der Waals surface area contributed by atoms with E-state index < -0.39 is 0 Å². The summed E-state index contributed by atoms with van der Waals surface area (Å²) in [6.07, 6.45) is 1.93. The van der Waals surface area contributed by atoms with Crippen LogP contribution < -0.4 is 10.9 Å². The minimum atomic E-state index is -0.171. The van der Waals surface area contributed by atoms with Crippen molar-refractivity contribution in [2.24, 2.45) is 0 Å². The molecule has 4 nitrogen and oxygen atoms in total. The summed E-state index contributed by atoms with van der Waals surface area (Å²) in [7, 11) is 0. The third kappa shape index (κ3) is 4.90. The molecule has 0 atom stereocenters. The predicted octanol–water partition coefficient (Wildman–Crippen LogP) is 5.88. The highest BCUT2D eigenvalue weighted by Gasteiger charge is 2.08.